The van der Waals surface area contributed by atoms with Crippen molar-refractivity contribution in [1.29, 1.82) is 0 Å². The van der Waals surface area contributed by atoms with E-state index in [2.05, 4.69) is 15.2 Å². The van der Waals surface area contributed by atoms with Crippen LogP contribution in [0.4, 0.5) is 4.79 Å². The monoisotopic (exact) mass is 372 g/mol. The lowest BCUT2D eigenvalue weighted by atomic mass is 10.1. The molecule has 1 saturated heterocycles. The van der Waals surface area contributed by atoms with Crippen LogP contribution in [0.5, 0.6) is 0 Å². The number of pyridine rings is 1. The van der Waals surface area contributed by atoms with Crippen LogP contribution < -0.4 is 5.32 Å². The van der Waals surface area contributed by atoms with Crippen LogP contribution >= 0.6 is 0 Å². The molecule has 0 saturated carbocycles. The molecular formula is C20H28N4O3. The minimum absolute atomic E-state index is 0.0311. The first-order chi connectivity index (χ1) is 13.2. The van der Waals surface area contributed by atoms with Gasteiger partial charge in [0.15, 0.2) is 0 Å². The zero-order valence-electron chi connectivity index (χ0n) is 16.1. The number of rotatable bonds is 7. The number of hydrogen-bond donors (Lipinski definition) is 1. The van der Waals surface area contributed by atoms with Crippen molar-refractivity contribution in [2.24, 2.45) is 0 Å². The van der Waals surface area contributed by atoms with E-state index in [1.165, 1.54) is 0 Å². The minimum Gasteiger partial charge on any atom is -0.464 e. The molecule has 0 bridgehead atoms. The van der Waals surface area contributed by atoms with Gasteiger partial charge in [0.2, 0.25) is 0 Å². The summed E-state index contributed by atoms with van der Waals surface area (Å²) in [5.41, 5.74) is 0.962. The number of aryl methyl sites for hydroxylation is 1. The zero-order chi connectivity index (χ0) is 19.1. The van der Waals surface area contributed by atoms with Crippen molar-refractivity contribution in [2.45, 2.75) is 26.4 Å². The molecule has 0 aliphatic carbocycles. The largest absolute Gasteiger partial charge is 0.464 e. The number of carbonyl (C=O) groups is 1. The van der Waals surface area contributed by atoms with Crippen LogP contribution in [-0.4, -0.2) is 60.2 Å². The van der Waals surface area contributed by atoms with E-state index in [4.69, 9.17) is 9.15 Å². The maximum absolute atomic E-state index is 12.7. The maximum Gasteiger partial charge on any atom is 0.317 e. The van der Waals surface area contributed by atoms with E-state index >= 15 is 0 Å². The fourth-order valence-corrected chi connectivity index (χ4v) is 3.26. The van der Waals surface area contributed by atoms with Crippen LogP contribution in [0, 0.1) is 6.92 Å². The fourth-order valence-electron chi connectivity index (χ4n) is 3.26. The Hall–Kier alpha value is -2.38. The van der Waals surface area contributed by atoms with Gasteiger partial charge in [0, 0.05) is 32.4 Å². The molecular weight excluding hydrogens is 344 g/mol. The smallest absolute Gasteiger partial charge is 0.317 e. The number of aromatic nitrogens is 1. The summed E-state index contributed by atoms with van der Waals surface area (Å²) in [6.45, 7) is 8.52. The van der Waals surface area contributed by atoms with Crippen molar-refractivity contribution in [2.75, 3.05) is 39.4 Å². The quantitative estimate of drug-likeness (QED) is 0.809. The molecule has 2 aromatic heterocycles. The Kier molecular flexibility index (Phi) is 6.84. The van der Waals surface area contributed by atoms with Gasteiger partial charge in [-0.25, -0.2) is 4.79 Å². The van der Waals surface area contributed by atoms with E-state index < -0.39 is 0 Å². The number of urea groups is 1. The van der Waals surface area contributed by atoms with Gasteiger partial charge in [0.05, 0.1) is 31.5 Å². The van der Waals surface area contributed by atoms with Gasteiger partial charge in [-0.05, 0) is 38.1 Å². The highest BCUT2D eigenvalue weighted by Crippen LogP contribution is 2.19. The Balaban J connectivity index is 1.63. The highest BCUT2D eigenvalue weighted by Gasteiger charge is 2.25. The Morgan fingerprint density at radius 3 is 2.74 bits per heavy atom. The number of amides is 2. The predicted octanol–water partition coefficient (Wildman–Crippen LogP) is 2.59. The molecule has 7 heteroatoms. The van der Waals surface area contributed by atoms with Crippen molar-refractivity contribution >= 4 is 6.03 Å². The lowest BCUT2D eigenvalue weighted by Gasteiger charge is -2.34. The van der Waals surface area contributed by atoms with Crippen LogP contribution in [0.3, 0.4) is 0 Å². The first-order valence-electron chi connectivity index (χ1n) is 9.48. The van der Waals surface area contributed by atoms with Crippen molar-refractivity contribution in [3.8, 4) is 0 Å². The first kappa shape index (κ1) is 19.4. The summed E-state index contributed by atoms with van der Waals surface area (Å²) in [4.78, 5) is 21.3. The summed E-state index contributed by atoms with van der Waals surface area (Å²) in [5.74, 6) is 1.64. The second-order valence-corrected chi connectivity index (χ2v) is 6.63. The minimum atomic E-state index is -0.0965. The molecule has 1 aliphatic heterocycles. The molecule has 1 atom stereocenters. The maximum atomic E-state index is 12.7. The lowest BCUT2D eigenvalue weighted by molar-refractivity contribution is 0.0156. The van der Waals surface area contributed by atoms with Gasteiger partial charge in [-0.1, -0.05) is 6.07 Å². The van der Waals surface area contributed by atoms with Crippen LogP contribution in [0.2, 0.25) is 0 Å². The summed E-state index contributed by atoms with van der Waals surface area (Å²) in [7, 11) is 0. The third kappa shape index (κ3) is 5.30. The van der Waals surface area contributed by atoms with E-state index in [9.17, 15) is 4.79 Å². The van der Waals surface area contributed by atoms with Gasteiger partial charge < -0.3 is 19.4 Å². The number of nitrogens with one attached hydrogen (secondary N) is 1. The summed E-state index contributed by atoms with van der Waals surface area (Å²) in [6, 6.07) is 9.66. The molecule has 1 aliphatic rings. The highest BCUT2D eigenvalue weighted by molar-refractivity contribution is 5.74. The third-order valence-electron chi connectivity index (χ3n) is 4.77. The van der Waals surface area contributed by atoms with Crippen molar-refractivity contribution in [3.05, 3.63) is 53.7 Å². The van der Waals surface area contributed by atoms with Crippen molar-refractivity contribution in [1.82, 2.24) is 20.1 Å². The molecule has 1 N–H and O–H groups in total. The fraction of sp³-hybridized carbons (Fsp3) is 0.500. The molecule has 1 fully saturated rings. The summed E-state index contributed by atoms with van der Waals surface area (Å²) in [6.07, 6.45) is 1.79. The van der Waals surface area contributed by atoms with Gasteiger partial charge in [-0.2, -0.15) is 0 Å². The van der Waals surface area contributed by atoms with Crippen molar-refractivity contribution < 1.29 is 13.9 Å². The van der Waals surface area contributed by atoms with E-state index in [1.54, 1.807) is 11.1 Å². The van der Waals surface area contributed by atoms with Gasteiger partial charge in [0.1, 0.15) is 11.5 Å². The van der Waals surface area contributed by atoms with E-state index in [-0.39, 0.29) is 12.1 Å². The van der Waals surface area contributed by atoms with Crippen LogP contribution in [-0.2, 0) is 11.3 Å². The molecule has 27 heavy (non-hydrogen) atoms. The van der Waals surface area contributed by atoms with E-state index in [0.29, 0.717) is 32.8 Å². The number of nitrogens with zero attached hydrogens (tertiary/aromatic N) is 3. The van der Waals surface area contributed by atoms with Crippen LogP contribution in [0.25, 0.3) is 0 Å². The molecule has 3 heterocycles. The SMILES string of the molecule is CCN(Cc1ccc(C)o1)C(=O)NC[C@@H](c1ccccn1)N1CCOCC1. The number of morpholine rings is 1. The number of carbonyl (C=O) groups excluding carboxylic acids is 1. The molecule has 0 spiro atoms. The summed E-state index contributed by atoms with van der Waals surface area (Å²) >= 11 is 0. The molecule has 7 nitrogen and oxygen atoms in total. The number of hydrogen-bond acceptors (Lipinski definition) is 5. The molecule has 0 radical (unpaired) electrons. The second-order valence-electron chi connectivity index (χ2n) is 6.63. The van der Waals surface area contributed by atoms with Gasteiger partial charge in [0.25, 0.3) is 0 Å². The third-order valence-corrected chi connectivity index (χ3v) is 4.77. The lowest BCUT2D eigenvalue weighted by Crippen LogP contribution is -2.46. The second kappa shape index (κ2) is 9.53. The average Bonchev–Trinajstić information content (AvgIpc) is 3.12. The van der Waals surface area contributed by atoms with Crippen molar-refractivity contribution in [3.63, 3.8) is 0 Å². The first-order valence-corrected chi connectivity index (χ1v) is 9.48. The molecule has 2 aromatic rings. The average molecular weight is 372 g/mol. The predicted molar refractivity (Wildman–Crippen MR) is 102 cm³/mol. The zero-order valence-corrected chi connectivity index (χ0v) is 16.1. The Bertz CT molecular complexity index is 713. The van der Waals surface area contributed by atoms with Crippen LogP contribution in [0.1, 0.15) is 30.2 Å². The van der Waals surface area contributed by atoms with Gasteiger partial charge >= 0.3 is 6.03 Å². The molecule has 146 valence electrons. The molecule has 3 rings (SSSR count). The molecule has 0 unspecified atom stereocenters. The van der Waals surface area contributed by atoms with Crippen LogP contribution in [0.15, 0.2) is 40.9 Å². The Labute approximate surface area is 160 Å². The standard InChI is InChI=1S/C20H28N4O3/c1-3-23(15-17-8-7-16(2)27-17)20(25)22-14-19(18-6-4-5-9-21-18)24-10-12-26-13-11-24/h4-9,19H,3,10-15H2,1-2H3,(H,22,25)/t19-/m0/s1. The van der Waals surface area contributed by atoms with Gasteiger partial charge in [-0.3, -0.25) is 9.88 Å². The summed E-state index contributed by atoms with van der Waals surface area (Å²) < 4.78 is 11.1. The highest BCUT2D eigenvalue weighted by atomic mass is 16.5. The number of furan rings is 1. The molecule has 2 amide bonds. The molecule has 0 aromatic carbocycles. The van der Waals surface area contributed by atoms with E-state index in [0.717, 1.165) is 30.3 Å². The Morgan fingerprint density at radius 1 is 1.30 bits per heavy atom. The van der Waals surface area contributed by atoms with Gasteiger partial charge in [-0.15, -0.1) is 0 Å². The topological polar surface area (TPSA) is 70.8 Å². The summed E-state index contributed by atoms with van der Waals surface area (Å²) in [5, 5.41) is 3.08. The van der Waals surface area contributed by atoms with E-state index in [1.807, 2.05) is 44.2 Å². The Morgan fingerprint density at radius 2 is 2.11 bits per heavy atom. The normalized spacial score (nSPS) is 16.1. The number of ether oxygens (including phenoxy) is 1.